The predicted molar refractivity (Wildman–Crippen MR) is 188 cm³/mol. The highest BCUT2D eigenvalue weighted by atomic mass is 16.5. The number of ether oxygens (including phenoxy) is 2. The summed E-state index contributed by atoms with van der Waals surface area (Å²) < 4.78 is 11.6. The zero-order valence-electron chi connectivity index (χ0n) is 29.2. The van der Waals surface area contributed by atoms with Crippen LogP contribution in [-0.4, -0.2) is 65.9 Å². The minimum atomic E-state index is -1.79. The first-order valence-corrected chi connectivity index (χ1v) is 16.9. The molecule has 10 heteroatoms. The van der Waals surface area contributed by atoms with E-state index in [1.165, 1.54) is 14.0 Å². The van der Waals surface area contributed by atoms with E-state index >= 15 is 0 Å². The molecule has 1 saturated heterocycles. The van der Waals surface area contributed by atoms with E-state index in [9.17, 15) is 24.3 Å². The number of hydrogen-bond donors (Lipinski definition) is 3. The summed E-state index contributed by atoms with van der Waals surface area (Å²) in [5.74, 6) is -4.73. The third-order valence-electron chi connectivity index (χ3n) is 10.2. The number of rotatable bonds is 9. The Morgan fingerprint density at radius 2 is 1.45 bits per heavy atom. The first-order chi connectivity index (χ1) is 23.3. The summed E-state index contributed by atoms with van der Waals surface area (Å²) in [6.45, 7) is 10.3. The number of carbonyl (C=O) groups is 4. The summed E-state index contributed by atoms with van der Waals surface area (Å²) in [5.41, 5.74) is 3.45. The highest BCUT2D eigenvalue weighted by Gasteiger charge is 2.56. The van der Waals surface area contributed by atoms with E-state index in [2.05, 4.69) is 10.6 Å². The van der Waals surface area contributed by atoms with Crippen molar-refractivity contribution in [1.29, 1.82) is 0 Å². The molecule has 10 nitrogen and oxygen atoms in total. The number of amides is 3. The second kappa shape index (κ2) is 14.8. The number of anilines is 2. The van der Waals surface area contributed by atoms with E-state index in [1.54, 1.807) is 35.2 Å². The van der Waals surface area contributed by atoms with Gasteiger partial charge in [0, 0.05) is 36.8 Å². The summed E-state index contributed by atoms with van der Waals surface area (Å²) in [4.78, 5) is 57.0. The van der Waals surface area contributed by atoms with Gasteiger partial charge in [0.05, 0.1) is 18.6 Å². The van der Waals surface area contributed by atoms with Gasteiger partial charge in [0.1, 0.15) is 11.7 Å². The fourth-order valence-electron chi connectivity index (χ4n) is 7.07. The lowest BCUT2D eigenvalue weighted by molar-refractivity contribution is -0.151. The van der Waals surface area contributed by atoms with Crippen molar-refractivity contribution in [2.45, 2.75) is 71.8 Å². The van der Waals surface area contributed by atoms with Crippen LogP contribution in [0, 0.1) is 39.5 Å². The second-order valence-corrected chi connectivity index (χ2v) is 13.6. The number of benzene rings is 3. The molecule has 2 fully saturated rings. The van der Waals surface area contributed by atoms with Crippen molar-refractivity contribution in [2.24, 2.45) is 11.8 Å². The summed E-state index contributed by atoms with van der Waals surface area (Å²) in [6.07, 6.45) is 2.63. The average molecular weight is 670 g/mol. The Kier molecular flexibility index (Phi) is 10.8. The molecule has 49 heavy (non-hydrogen) atoms. The highest BCUT2D eigenvalue weighted by Crippen LogP contribution is 2.48. The first-order valence-electron chi connectivity index (χ1n) is 16.9. The number of carbonyl (C=O) groups excluding carboxylic acids is 4. The van der Waals surface area contributed by atoms with Crippen molar-refractivity contribution >= 4 is 34.9 Å². The van der Waals surface area contributed by atoms with Gasteiger partial charge in [-0.1, -0.05) is 30.3 Å². The number of piperidine rings is 1. The Morgan fingerprint density at radius 3 is 2.04 bits per heavy atom. The van der Waals surface area contributed by atoms with Crippen molar-refractivity contribution in [1.82, 2.24) is 4.90 Å². The maximum Gasteiger partial charge on any atom is 0.260 e. The smallest absolute Gasteiger partial charge is 0.260 e. The van der Waals surface area contributed by atoms with E-state index in [0.717, 1.165) is 41.5 Å². The third-order valence-corrected chi connectivity index (χ3v) is 10.2. The van der Waals surface area contributed by atoms with Crippen molar-refractivity contribution in [3.05, 3.63) is 82.4 Å². The number of aliphatic hydroxyl groups is 1. The predicted octanol–water partition coefficient (Wildman–Crippen LogP) is 5.64. The molecule has 1 aliphatic heterocycles. The topological polar surface area (TPSA) is 134 Å². The fraction of sp³-hybridized carbons (Fsp3) is 0.436. The molecule has 1 aliphatic carbocycles. The van der Waals surface area contributed by atoms with Crippen LogP contribution < -0.4 is 20.1 Å². The molecule has 0 spiro atoms. The summed E-state index contributed by atoms with van der Waals surface area (Å²) in [5, 5.41) is 17.7. The van der Waals surface area contributed by atoms with Gasteiger partial charge >= 0.3 is 0 Å². The van der Waals surface area contributed by atoms with Crippen molar-refractivity contribution in [2.75, 3.05) is 37.4 Å². The Bertz CT molecular complexity index is 1740. The molecule has 4 unspecified atom stereocenters. The summed E-state index contributed by atoms with van der Waals surface area (Å²) >= 11 is 0. The van der Waals surface area contributed by atoms with Gasteiger partial charge in [-0.3, -0.25) is 19.2 Å². The van der Waals surface area contributed by atoms with Crippen molar-refractivity contribution < 1.29 is 33.8 Å². The van der Waals surface area contributed by atoms with Crippen LogP contribution in [0.1, 0.15) is 66.3 Å². The maximum absolute atomic E-state index is 14.3. The van der Waals surface area contributed by atoms with E-state index in [0.29, 0.717) is 35.8 Å². The molecule has 3 N–H and O–H groups in total. The standard InChI is InChI=1S/C39H47N3O7/c1-23-12-10-14-28(25(23)3)40-37(45)35-30(43)21-39(5,47)36(38(46)41-29-15-11-13-24(2)26(29)4)34(35)27-16-17-31(32(20-27)48-6)49-22-33(44)42-18-8-7-9-19-42/h10-17,20,34-36,47H,7-9,18-19,21-22H2,1-6H3,(H,40,45)(H,41,46). The van der Waals surface area contributed by atoms with Crippen LogP contribution >= 0.6 is 0 Å². The SMILES string of the molecule is COc1cc(C2C(C(=O)Nc3cccc(C)c3C)C(=O)CC(C)(O)C2C(=O)Nc2cccc(C)c2C)ccc1OCC(=O)N1CCCCC1. The molecule has 2 aliphatic rings. The summed E-state index contributed by atoms with van der Waals surface area (Å²) in [6, 6.07) is 16.0. The lowest BCUT2D eigenvalue weighted by Crippen LogP contribution is -2.56. The van der Waals surface area contributed by atoms with Crippen molar-refractivity contribution in [3.63, 3.8) is 0 Å². The number of likely N-dealkylation sites (tertiary alicyclic amines) is 1. The van der Waals surface area contributed by atoms with Gasteiger partial charge in [0.25, 0.3) is 5.91 Å². The van der Waals surface area contributed by atoms with Gasteiger partial charge in [-0.05, 0) is 106 Å². The van der Waals surface area contributed by atoms with Crippen LogP contribution in [0.15, 0.2) is 54.6 Å². The van der Waals surface area contributed by atoms with Gasteiger partial charge in [-0.25, -0.2) is 0 Å². The highest BCUT2D eigenvalue weighted by molar-refractivity contribution is 6.10. The van der Waals surface area contributed by atoms with Gasteiger partial charge < -0.3 is 30.1 Å². The molecule has 3 aromatic rings. The van der Waals surface area contributed by atoms with Crippen molar-refractivity contribution in [3.8, 4) is 11.5 Å². The van der Waals surface area contributed by atoms with Gasteiger partial charge in [-0.15, -0.1) is 0 Å². The molecule has 260 valence electrons. The number of hydrogen-bond acceptors (Lipinski definition) is 7. The molecule has 3 aromatic carbocycles. The van der Waals surface area contributed by atoms with Gasteiger partial charge in [-0.2, -0.15) is 0 Å². The molecule has 3 amide bonds. The van der Waals surface area contributed by atoms with E-state index in [4.69, 9.17) is 9.47 Å². The monoisotopic (exact) mass is 669 g/mol. The Hall–Kier alpha value is -4.70. The average Bonchev–Trinajstić information content (AvgIpc) is 3.07. The van der Waals surface area contributed by atoms with Crippen LogP contribution in [0.5, 0.6) is 11.5 Å². The summed E-state index contributed by atoms with van der Waals surface area (Å²) in [7, 11) is 1.45. The molecule has 1 heterocycles. The molecule has 0 radical (unpaired) electrons. The maximum atomic E-state index is 14.3. The number of nitrogens with zero attached hydrogens (tertiary/aromatic N) is 1. The Labute approximate surface area is 288 Å². The van der Waals surface area contributed by atoms with Crippen LogP contribution in [0.3, 0.4) is 0 Å². The molecule has 0 aromatic heterocycles. The zero-order valence-corrected chi connectivity index (χ0v) is 29.2. The molecular weight excluding hydrogens is 622 g/mol. The lowest BCUT2D eigenvalue weighted by Gasteiger charge is -2.44. The minimum Gasteiger partial charge on any atom is -0.493 e. The van der Waals surface area contributed by atoms with Gasteiger partial charge in [0.2, 0.25) is 11.8 Å². The normalized spacial score (nSPS) is 22.3. The number of Topliss-reactive ketones (excluding diaryl/α,β-unsaturated/α-hetero) is 1. The van der Waals surface area contributed by atoms with Crippen LogP contribution in [0.2, 0.25) is 0 Å². The van der Waals surface area contributed by atoms with Crippen LogP contribution in [-0.2, 0) is 19.2 Å². The Morgan fingerprint density at radius 1 is 0.857 bits per heavy atom. The van der Waals surface area contributed by atoms with E-state index in [-0.39, 0.29) is 18.3 Å². The molecule has 1 saturated carbocycles. The van der Waals surface area contributed by atoms with Crippen LogP contribution in [0.25, 0.3) is 0 Å². The van der Waals surface area contributed by atoms with E-state index < -0.39 is 47.4 Å². The number of aryl methyl sites for hydroxylation is 2. The van der Waals surface area contributed by atoms with Gasteiger partial charge in [0.15, 0.2) is 18.1 Å². The molecule has 4 atom stereocenters. The quantitative estimate of drug-likeness (QED) is 0.251. The molecule has 0 bridgehead atoms. The minimum absolute atomic E-state index is 0.119. The molecule has 5 rings (SSSR count). The largest absolute Gasteiger partial charge is 0.493 e. The lowest BCUT2D eigenvalue weighted by atomic mass is 9.61. The van der Waals surface area contributed by atoms with Crippen LogP contribution in [0.4, 0.5) is 11.4 Å². The van der Waals surface area contributed by atoms with E-state index in [1.807, 2.05) is 52.0 Å². The fourth-order valence-corrected chi connectivity index (χ4v) is 7.07. The second-order valence-electron chi connectivity index (χ2n) is 13.6. The molecular formula is C39H47N3O7. The number of methoxy groups -OCH3 is 1. The Balaban J connectivity index is 1.54. The number of ketones is 1. The number of nitrogens with one attached hydrogen (secondary N) is 2. The zero-order chi connectivity index (χ0) is 35.5. The third kappa shape index (κ3) is 7.64. The first kappa shape index (κ1) is 35.6.